The van der Waals surface area contributed by atoms with Gasteiger partial charge in [-0.15, -0.1) is 0 Å². The average molecular weight is 571 g/mol. The molecule has 1 aliphatic heterocycles. The molecule has 1 aliphatic rings. The molecule has 0 aliphatic carbocycles. The van der Waals surface area contributed by atoms with Crippen LogP contribution in [0.15, 0.2) is 65.6 Å². The van der Waals surface area contributed by atoms with Crippen molar-refractivity contribution in [2.24, 2.45) is 0 Å². The van der Waals surface area contributed by atoms with Gasteiger partial charge < -0.3 is 19.9 Å². The number of thioether (sulfide) groups is 1. The number of halogens is 2. The second-order valence-electron chi connectivity index (χ2n) is 8.15. The van der Waals surface area contributed by atoms with Crippen LogP contribution in [0.2, 0.25) is 5.02 Å². The van der Waals surface area contributed by atoms with E-state index < -0.39 is 35.4 Å². The zero-order chi connectivity index (χ0) is 28.1. The molecule has 4 rings (SSSR count). The predicted octanol–water partition coefficient (Wildman–Crippen LogP) is 5.44. The molecule has 1 saturated heterocycles. The number of amides is 3. The maximum absolute atomic E-state index is 13.1. The first-order chi connectivity index (χ1) is 18.6. The fourth-order valence-corrected chi connectivity index (χ4v) is 4.64. The summed E-state index contributed by atoms with van der Waals surface area (Å²) in [5, 5.41) is 11.1. The fraction of sp³-hybridized carbons (Fsp3) is 0.111. The lowest BCUT2D eigenvalue weighted by Gasteiger charge is -2.14. The van der Waals surface area contributed by atoms with Crippen molar-refractivity contribution in [1.29, 1.82) is 0 Å². The Morgan fingerprint density at radius 1 is 1.10 bits per heavy atom. The summed E-state index contributed by atoms with van der Waals surface area (Å²) in [6.45, 7) is -0.419. The van der Waals surface area contributed by atoms with E-state index in [1.54, 1.807) is 18.2 Å². The Hall–Kier alpha value is -4.35. The van der Waals surface area contributed by atoms with E-state index in [1.165, 1.54) is 55.7 Å². The zero-order valence-corrected chi connectivity index (χ0v) is 21.8. The number of hydrogen-bond acceptors (Lipinski definition) is 7. The molecule has 0 saturated carbocycles. The molecule has 12 heteroatoms. The van der Waals surface area contributed by atoms with E-state index >= 15 is 0 Å². The minimum atomic E-state index is -1.03. The Morgan fingerprint density at radius 2 is 1.79 bits per heavy atom. The summed E-state index contributed by atoms with van der Waals surface area (Å²) in [4.78, 5) is 49.5. The molecule has 3 aromatic rings. The van der Waals surface area contributed by atoms with Gasteiger partial charge in [0, 0.05) is 5.69 Å². The first-order valence-electron chi connectivity index (χ1n) is 11.3. The third-order valence-electron chi connectivity index (χ3n) is 5.44. The van der Waals surface area contributed by atoms with Gasteiger partial charge in [-0.2, -0.15) is 0 Å². The number of nitrogens with one attached hydrogen (secondary N) is 1. The average Bonchev–Trinajstić information content (AvgIpc) is 3.16. The second-order valence-corrected chi connectivity index (χ2v) is 9.55. The van der Waals surface area contributed by atoms with Crippen LogP contribution in [0.4, 0.5) is 14.9 Å². The summed E-state index contributed by atoms with van der Waals surface area (Å²) in [6.07, 6.45) is 1.45. The van der Waals surface area contributed by atoms with Gasteiger partial charge in [0.15, 0.2) is 11.5 Å². The number of methoxy groups -OCH3 is 1. The Kier molecular flexibility index (Phi) is 8.52. The SMILES string of the molecule is COc1cc(/C=C2\SC(=O)N(CC(=O)Nc3ccc(F)cc3)C2=O)cc(Cl)c1OCc1ccc(C(=O)O)cc1. The molecule has 0 unspecified atom stereocenters. The van der Waals surface area contributed by atoms with E-state index in [1.807, 2.05) is 0 Å². The van der Waals surface area contributed by atoms with Gasteiger partial charge in [-0.05, 0) is 77.5 Å². The van der Waals surface area contributed by atoms with E-state index in [0.717, 1.165) is 4.90 Å². The molecule has 1 heterocycles. The largest absolute Gasteiger partial charge is 0.493 e. The zero-order valence-electron chi connectivity index (χ0n) is 20.3. The number of nitrogens with zero attached hydrogens (tertiary/aromatic N) is 1. The van der Waals surface area contributed by atoms with Gasteiger partial charge in [0.05, 0.1) is 22.6 Å². The van der Waals surface area contributed by atoms with Crippen molar-refractivity contribution in [2.75, 3.05) is 19.0 Å². The maximum Gasteiger partial charge on any atom is 0.335 e. The quantitative estimate of drug-likeness (QED) is 0.326. The highest BCUT2D eigenvalue weighted by Crippen LogP contribution is 2.39. The molecule has 0 radical (unpaired) electrons. The third kappa shape index (κ3) is 6.75. The topological polar surface area (TPSA) is 122 Å². The van der Waals surface area contributed by atoms with Gasteiger partial charge >= 0.3 is 5.97 Å². The number of rotatable bonds is 9. The number of benzene rings is 3. The van der Waals surface area contributed by atoms with Gasteiger partial charge in [0.2, 0.25) is 5.91 Å². The summed E-state index contributed by atoms with van der Waals surface area (Å²) < 4.78 is 24.2. The van der Waals surface area contributed by atoms with Gasteiger partial charge in [0.25, 0.3) is 11.1 Å². The fourth-order valence-electron chi connectivity index (χ4n) is 3.53. The lowest BCUT2D eigenvalue weighted by molar-refractivity contribution is -0.127. The first-order valence-corrected chi connectivity index (χ1v) is 12.5. The van der Waals surface area contributed by atoms with E-state index in [4.69, 9.17) is 26.2 Å². The number of ether oxygens (including phenoxy) is 2. The van der Waals surface area contributed by atoms with Crippen LogP contribution in [0.1, 0.15) is 21.5 Å². The highest BCUT2D eigenvalue weighted by atomic mass is 35.5. The Bertz CT molecular complexity index is 1480. The first kappa shape index (κ1) is 27.7. The molecule has 0 aromatic heterocycles. The summed E-state index contributed by atoms with van der Waals surface area (Å²) in [5.74, 6) is -2.26. The van der Waals surface area contributed by atoms with Crippen LogP contribution in [-0.4, -0.2) is 46.7 Å². The Labute approximate surface area is 231 Å². The standard InChI is InChI=1S/C27H20ClFN2O7S/c1-37-21-11-16(10-20(28)24(21)38-14-15-2-4-17(5-3-15)26(34)35)12-22-25(33)31(27(36)39-22)13-23(32)30-19-8-6-18(29)7-9-19/h2-12H,13-14H2,1H3,(H,30,32)(H,34,35)/b22-12-. The third-order valence-corrected chi connectivity index (χ3v) is 6.63. The lowest BCUT2D eigenvalue weighted by atomic mass is 10.1. The van der Waals surface area contributed by atoms with Crippen molar-refractivity contribution in [3.8, 4) is 11.5 Å². The number of hydrogen-bond donors (Lipinski definition) is 2. The highest BCUT2D eigenvalue weighted by Gasteiger charge is 2.36. The van der Waals surface area contributed by atoms with Crippen LogP contribution in [0.25, 0.3) is 6.08 Å². The van der Waals surface area contributed by atoms with Crippen molar-refractivity contribution >= 4 is 58.1 Å². The number of anilines is 1. The van der Waals surface area contributed by atoms with Crippen molar-refractivity contribution in [2.45, 2.75) is 6.61 Å². The summed E-state index contributed by atoms with van der Waals surface area (Å²) in [7, 11) is 1.41. The van der Waals surface area contributed by atoms with E-state index in [0.29, 0.717) is 28.6 Å². The van der Waals surface area contributed by atoms with Crippen LogP contribution in [0.5, 0.6) is 11.5 Å². The Morgan fingerprint density at radius 3 is 2.44 bits per heavy atom. The highest BCUT2D eigenvalue weighted by molar-refractivity contribution is 8.18. The molecule has 3 aromatic carbocycles. The maximum atomic E-state index is 13.1. The van der Waals surface area contributed by atoms with Crippen LogP contribution >= 0.6 is 23.4 Å². The number of carbonyl (C=O) groups is 4. The molecule has 200 valence electrons. The number of carbonyl (C=O) groups excluding carboxylic acids is 3. The van der Waals surface area contributed by atoms with Crippen molar-refractivity contribution in [3.63, 3.8) is 0 Å². The van der Waals surface area contributed by atoms with Crippen LogP contribution in [0.3, 0.4) is 0 Å². The van der Waals surface area contributed by atoms with Crippen LogP contribution in [-0.2, 0) is 16.2 Å². The van der Waals surface area contributed by atoms with Gasteiger partial charge in [0.1, 0.15) is 19.0 Å². The summed E-state index contributed by atoms with van der Waals surface area (Å²) in [5.41, 5.74) is 1.64. The summed E-state index contributed by atoms with van der Waals surface area (Å²) in [6, 6.07) is 14.3. The number of carboxylic acids is 1. The minimum absolute atomic E-state index is 0.0832. The number of carboxylic acid groups (broad SMARTS) is 1. The normalized spacial score (nSPS) is 14.0. The predicted molar refractivity (Wildman–Crippen MR) is 143 cm³/mol. The molecule has 1 fully saturated rings. The van der Waals surface area contributed by atoms with Gasteiger partial charge in [-0.25, -0.2) is 9.18 Å². The van der Waals surface area contributed by atoms with Gasteiger partial charge in [-0.3, -0.25) is 19.3 Å². The van der Waals surface area contributed by atoms with Crippen molar-refractivity contribution in [3.05, 3.63) is 93.1 Å². The van der Waals surface area contributed by atoms with E-state index in [-0.39, 0.29) is 33.6 Å². The monoisotopic (exact) mass is 570 g/mol. The minimum Gasteiger partial charge on any atom is -0.493 e. The molecule has 9 nitrogen and oxygen atoms in total. The number of imide groups is 1. The molecule has 0 bridgehead atoms. The molecule has 0 spiro atoms. The number of aromatic carboxylic acids is 1. The van der Waals surface area contributed by atoms with Crippen molar-refractivity contribution < 1.29 is 38.1 Å². The van der Waals surface area contributed by atoms with E-state index in [2.05, 4.69) is 5.32 Å². The van der Waals surface area contributed by atoms with Crippen molar-refractivity contribution in [1.82, 2.24) is 4.90 Å². The molecule has 2 N–H and O–H groups in total. The molecular formula is C27H20ClFN2O7S. The van der Waals surface area contributed by atoms with Crippen LogP contribution < -0.4 is 14.8 Å². The summed E-state index contributed by atoms with van der Waals surface area (Å²) >= 11 is 7.10. The molecule has 3 amide bonds. The lowest BCUT2D eigenvalue weighted by Crippen LogP contribution is -2.36. The Balaban J connectivity index is 1.45. The molecule has 39 heavy (non-hydrogen) atoms. The molecule has 0 atom stereocenters. The van der Waals surface area contributed by atoms with E-state index in [9.17, 15) is 23.6 Å². The van der Waals surface area contributed by atoms with Crippen LogP contribution in [0, 0.1) is 5.82 Å². The van der Waals surface area contributed by atoms with Gasteiger partial charge in [-0.1, -0.05) is 23.7 Å². The smallest absolute Gasteiger partial charge is 0.335 e. The second kappa shape index (κ2) is 12.0. The molecular weight excluding hydrogens is 551 g/mol.